The van der Waals surface area contributed by atoms with E-state index in [9.17, 15) is 4.79 Å². The first-order valence-corrected chi connectivity index (χ1v) is 9.60. The summed E-state index contributed by atoms with van der Waals surface area (Å²) in [5.74, 6) is -0.254. The van der Waals surface area contributed by atoms with Gasteiger partial charge in [-0.3, -0.25) is 9.78 Å². The third-order valence-corrected chi connectivity index (χ3v) is 4.90. The van der Waals surface area contributed by atoms with Crippen molar-refractivity contribution < 1.29 is 4.79 Å². The van der Waals surface area contributed by atoms with Crippen molar-refractivity contribution in [2.75, 3.05) is 28.6 Å². The second kappa shape index (κ2) is 8.44. The normalized spacial score (nSPS) is 13.0. The number of pyridine rings is 1. The lowest BCUT2D eigenvalue weighted by atomic mass is 10.2. The highest BCUT2D eigenvalue weighted by atomic mass is 16.1. The Morgan fingerprint density at radius 2 is 1.62 bits per heavy atom. The van der Waals surface area contributed by atoms with Gasteiger partial charge in [-0.25, -0.2) is 0 Å². The van der Waals surface area contributed by atoms with E-state index < -0.39 is 0 Å². The van der Waals surface area contributed by atoms with Crippen LogP contribution >= 0.6 is 0 Å². The van der Waals surface area contributed by atoms with E-state index in [4.69, 9.17) is 5.26 Å². The summed E-state index contributed by atoms with van der Waals surface area (Å²) in [6.07, 6.45) is 5.72. The number of nitrogens with zero attached hydrogens (tertiary/aromatic N) is 3. The Hall–Kier alpha value is -3.85. The van der Waals surface area contributed by atoms with E-state index in [2.05, 4.69) is 38.7 Å². The molecule has 1 saturated heterocycles. The van der Waals surface area contributed by atoms with Crippen LogP contribution in [-0.4, -0.2) is 24.0 Å². The number of nitrogens with one attached hydrogen (secondary N) is 2. The van der Waals surface area contributed by atoms with Crippen LogP contribution in [0.25, 0.3) is 0 Å². The van der Waals surface area contributed by atoms with Crippen molar-refractivity contribution in [2.24, 2.45) is 0 Å². The fraction of sp³-hybridized carbons (Fsp3) is 0.174. The lowest BCUT2D eigenvalue weighted by Crippen LogP contribution is -2.17. The molecule has 4 rings (SSSR count). The Morgan fingerprint density at radius 1 is 0.931 bits per heavy atom. The third-order valence-electron chi connectivity index (χ3n) is 4.90. The molecule has 0 aliphatic carbocycles. The first-order chi connectivity index (χ1) is 14.2. The molecule has 3 aromatic rings. The maximum Gasteiger partial charge on any atom is 0.257 e. The van der Waals surface area contributed by atoms with Gasteiger partial charge >= 0.3 is 0 Å². The molecule has 2 N–H and O–H groups in total. The molecule has 1 fully saturated rings. The van der Waals surface area contributed by atoms with Crippen LogP contribution in [0.1, 0.15) is 28.8 Å². The summed E-state index contributed by atoms with van der Waals surface area (Å²) in [5, 5.41) is 15.0. The smallest absolute Gasteiger partial charge is 0.257 e. The summed E-state index contributed by atoms with van der Waals surface area (Å²) in [4.78, 5) is 19.1. The van der Waals surface area contributed by atoms with E-state index >= 15 is 0 Å². The quantitative estimate of drug-likeness (QED) is 0.676. The van der Waals surface area contributed by atoms with Crippen molar-refractivity contribution in [1.82, 2.24) is 4.98 Å². The topological polar surface area (TPSA) is 81.0 Å². The molecule has 2 heterocycles. The molecule has 144 valence electrons. The van der Waals surface area contributed by atoms with Crippen LogP contribution in [0.4, 0.5) is 22.7 Å². The zero-order chi connectivity index (χ0) is 20.1. The molecule has 0 atom stereocenters. The van der Waals surface area contributed by atoms with Gasteiger partial charge in [-0.2, -0.15) is 5.26 Å². The Kier molecular flexibility index (Phi) is 5.39. The Balaban J connectivity index is 1.42. The molecule has 29 heavy (non-hydrogen) atoms. The van der Waals surface area contributed by atoms with Crippen molar-refractivity contribution in [3.05, 3.63) is 78.1 Å². The van der Waals surface area contributed by atoms with Crippen molar-refractivity contribution >= 4 is 28.7 Å². The van der Waals surface area contributed by atoms with Crippen LogP contribution in [0.15, 0.2) is 67.0 Å². The maximum absolute atomic E-state index is 12.5. The predicted molar refractivity (Wildman–Crippen MR) is 115 cm³/mol. The molecule has 1 aliphatic rings. The highest BCUT2D eigenvalue weighted by Gasteiger charge is 2.12. The predicted octanol–water partition coefficient (Wildman–Crippen LogP) is 4.55. The zero-order valence-electron chi connectivity index (χ0n) is 15.9. The Morgan fingerprint density at radius 3 is 2.31 bits per heavy atom. The second-order valence-electron chi connectivity index (χ2n) is 6.97. The van der Waals surface area contributed by atoms with Gasteiger partial charge in [0, 0.05) is 36.3 Å². The van der Waals surface area contributed by atoms with Crippen LogP contribution in [0, 0.1) is 11.3 Å². The lowest BCUT2D eigenvalue weighted by Gasteiger charge is -2.18. The van der Waals surface area contributed by atoms with Crippen molar-refractivity contribution in [3.63, 3.8) is 0 Å². The van der Waals surface area contributed by atoms with Gasteiger partial charge < -0.3 is 15.5 Å². The number of hydrogen-bond acceptors (Lipinski definition) is 5. The van der Waals surface area contributed by atoms with Gasteiger partial charge in [0.1, 0.15) is 0 Å². The first kappa shape index (κ1) is 18.5. The van der Waals surface area contributed by atoms with Crippen molar-refractivity contribution in [3.8, 4) is 6.07 Å². The highest BCUT2D eigenvalue weighted by molar-refractivity contribution is 6.04. The van der Waals surface area contributed by atoms with Gasteiger partial charge in [0.2, 0.25) is 0 Å². The Labute approximate surface area is 169 Å². The fourth-order valence-corrected chi connectivity index (χ4v) is 3.36. The number of anilines is 4. The van der Waals surface area contributed by atoms with Gasteiger partial charge in [0.25, 0.3) is 5.91 Å². The third kappa shape index (κ3) is 4.53. The first-order valence-electron chi connectivity index (χ1n) is 9.60. The average Bonchev–Trinajstić information content (AvgIpc) is 3.30. The minimum absolute atomic E-state index is 0.254. The number of carbonyl (C=O) groups excluding carboxylic acids is 1. The van der Waals surface area contributed by atoms with Gasteiger partial charge in [0.05, 0.1) is 29.1 Å². The molecule has 1 amide bonds. The summed E-state index contributed by atoms with van der Waals surface area (Å²) >= 11 is 0. The van der Waals surface area contributed by atoms with Crippen LogP contribution in [-0.2, 0) is 0 Å². The van der Waals surface area contributed by atoms with E-state index in [1.54, 1.807) is 36.5 Å². The van der Waals surface area contributed by atoms with Crippen LogP contribution in [0.5, 0.6) is 0 Å². The SMILES string of the molecule is N#Cc1ccc(NC(=O)c2cncc(Nc3ccc(N4CCCC4)cc3)c2)cc1. The minimum Gasteiger partial charge on any atom is -0.372 e. The summed E-state index contributed by atoms with van der Waals surface area (Å²) in [5.41, 5.74) is 4.55. The average molecular weight is 383 g/mol. The maximum atomic E-state index is 12.5. The van der Waals surface area contributed by atoms with E-state index in [1.807, 2.05) is 12.1 Å². The van der Waals surface area contributed by atoms with Crippen LogP contribution in [0.2, 0.25) is 0 Å². The van der Waals surface area contributed by atoms with E-state index in [-0.39, 0.29) is 5.91 Å². The molecule has 6 nitrogen and oxygen atoms in total. The van der Waals surface area contributed by atoms with Crippen LogP contribution < -0.4 is 15.5 Å². The van der Waals surface area contributed by atoms with Gasteiger partial charge in [-0.05, 0) is 67.4 Å². The lowest BCUT2D eigenvalue weighted by molar-refractivity contribution is 0.102. The van der Waals surface area contributed by atoms with E-state index in [0.29, 0.717) is 16.8 Å². The molecule has 0 spiro atoms. The molecule has 1 aliphatic heterocycles. The molecule has 6 heteroatoms. The number of rotatable bonds is 5. The fourth-order valence-electron chi connectivity index (χ4n) is 3.36. The molecule has 1 aromatic heterocycles. The van der Waals surface area contributed by atoms with Crippen molar-refractivity contribution in [1.29, 1.82) is 5.26 Å². The summed E-state index contributed by atoms with van der Waals surface area (Å²) in [6.45, 7) is 2.24. The van der Waals surface area contributed by atoms with Crippen LogP contribution in [0.3, 0.4) is 0 Å². The Bertz CT molecular complexity index is 1030. The number of aromatic nitrogens is 1. The molecule has 0 unspecified atom stereocenters. The van der Waals surface area contributed by atoms with E-state index in [0.717, 1.165) is 24.5 Å². The van der Waals surface area contributed by atoms with Gasteiger partial charge in [-0.15, -0.1) is 0 Å². The summed E-state index contributed by atoms with van der Waals surface area (Å²) in [7, 11) is 0. The second-order valence-corrected chi connectivity index (χ2v) is 6.97. The molecular formula is C23H21N5O. The standard InChI is InChI=1S/C23H21N5O/c24-14-17-3-5-20(6-4-17)27-23(29)18-13-21(16-25-15-18)26-19-7-9-22(10-8-19)28-11-1-2-12-28/h3-10,13,15-16,26H,1-2,11-12H2,(H,27,29). The molecule has 2 aromatic carbocycles. The number of carbonyl (C=O) groups is 1. The molecule has 0 radical (unpaired) electrons. The van der Waals surface area contributed by atoms with Gasteiger partial charge in [-0.1, -0.05) is 0 Å². The summed E-state index contributed by atoms with van der Waals surface area (Å²) in [6, 6.07) is 18.9. The largest absolute Gasteiger partial charge is 0.372 e. The highest BCUT2D eigenvalue weighted by Crippen LogP contribution is 2.24. The van der Waals surface area contributed by atoms with Gasteiger partial charge in [0.15, 0.2) is 0 Å². The number of benzene rings is 2. The zero-order valence-corrected chi connectivity index (χ0v) is 15.9. The summed E-state index contributed by atoms with van der Waals surface area (Å²) < 4.78 is 0. The monoisotopic (exact) mass is 383 g/mol. The number of hydrogen-bond donors (Lipinski definition) is 2. The minimum atomic E-state index is -0.254. The molecule has 0 saturated carbocycles. The number of amides is 1. The molecule has 0 bridgehead atoms. The number of nitriles is 1. The van der Waals surface area contributed by atoms with Crippen molar-refractivity contribution in [2.45, 2.75) is 12.8 Å². The molecular weight excluding hydrogens is 362 g/mol. The van der Waals surface area contributed by atoms with E-state index in [1.165, 1.54) is 24.7 Å².